The van der Waals surface area contributed by atoms with E-state index in [1.165, 1.54) is 5.56 Å². The Morgan fingerprint density at radius 2 is 1.58 bits per heavy atom. The molecule has 1 atom stereocenters. The molecular formula is C27H38N4. The van der Waals surface area contributed by atoms with Crippen molar-refractivity contribution in [1.82, 2.24) is 9.97 Å². The molecule has 3 N–H and O–H groups in total. The maximum absolute atomic E-state index is 6.51. The maximum Gasteiger partial charge on any atom is 0.137 e. The number of aryl methyl sites for hydroxylation is 2. The van der Waals surface area contributed by atoms with Gasteiger partial charge in [-0.2, -0.15) is 0 Å². The van der Waals surface area contributed by atoms with Gasteiger partial charge in [0.15, 0.2) is 0 Å². The van der Waals surface area contributed by atoms with E-state index in [9.17, 15) is 0 Å². The van der Waals surface area contributed by atoms with Gasteiger partial charge in [0.05, 0.1) is 5.52 Å². The second kappa shape index (κ2) is 11.2. The van der Waals surface area contributed by atoms with Gasteiger partial charge >= 0.3 is 0 Å². The molecule has 166 valence electrons. The number of hydrogen-bond acceptors (Lipinski definition) is 4. The van der Waals surface area contributed by atoms with Crippen LogP contribution in [0, 0.1) is 0 Å². The Balaban J connectivity index is 1.64. The number of aromatic nitrogens is 2. The van der Waals surface area contributed by atoms with E-state index in [1.54, 1.807) is 0 Å². The average molecular weight is 419 g/mol. The standard InChI is InChI=1S/C27H38N4/c1-4-27(28,5-2)20-19-21(3)29-26-23-16-10-11-17-24(23)30-25(31-26)18-12-9-15-22-13-7-6-8-14-22/h6-8,10-11,13-14,16-17,21H,4-5,9,12,15,18-20,28H2,1-3H3,(H,29,30,31). The van der Waals surface area contributed by atoms with Crippen molar-refractivity contribution in [2.24, 2.45) is 5.73 Å². The fourth-order valence-electron chi connectivity index (χ4n) is 4.02. The van der Waals surface area contributed by atoms with E-state index < -0.39 is 0 Å². The number of hydrogen-bond donors (Lipinski definition) is 2. The number of nitrogens with zero attached hydrogens (tertiary/aromatic N) is 2. The molecule has 0 aliphatic rings. The topological polar surface area (TPSA) is 63.8 Å². The molecule has 0 aliphatic carbocycles. The van der Waals surface area contributed by atoms with Crippen molar-refractivity contribution < 1.29 is 0 Å². The average Bonchev–Trinajstić information content (AvgIpc) is 2.81. The van der Waals surface area contributed by atoms with Crippen LogP contribution in [-0.4, -0.2) is 21.5 Å². The van der Waals surface area contributed by atoms with Gasteiger partial charge in [0.25, 0.3) is 0 Å². The normalized spacial score (nSPS) is 12.8. The molecule has 1 aromatic heterocycles. The van der Waals surface area contributed by atoms with Gasteiger partial charge in [-0.15, -0.1) is 0 Å². The molecule has 4 heteroatoms. The minimum absolute atomic E-state index is 0.0619. The summed E-state index contributed by atoms with van der Waals surface area (Å²) in [6.07, 6.45) is 8.31. The van der Waals surface area contributed by atoms with Gasteiger partial charge in [-0.3, -0.25) is 0 Å². The summed E-state index contributed by atoms with van der Waals surface area (Å²) < 4.78 is 0. The summed E-state index contributed by atoms with van der Waals surface area (Å²) >= 11 is 0. The van der Waals surface area contributed by atoms with Gasteiger partial charge in [-0.25, -0.2) is 9.97 Å². The van der Waals surface area contributed by atoms with Crippen molar-refractivity contribution in [1.29, 1.82) is 0 Å². The van der Waals surface area contributed by atoms with Crippen LogP contribution in [-0.2, 0) is 12.8 Å². The quantitative estimate of drug-likeness (QED) is 0.339. The molecule has 0 amide bonds. The first-order valence-electron chi connectivity index (χ1n) is 11.9. The lowest BCUT2D eigenvalue weighted by atomic mass is 9.87. The third kappa shape index (κ3) is 6.76. The number of unbranched alkanes of at least 4 members (excludes halogenated alkanes) is 1. The summed E-state index contributed by atoms with van der Waals surface area (Å²) in [5.74, 6) is 1.88. The number of fused-ring (bicyclic) bond motifs is 1. The minimum atomic E-state index is -0.0619. The van der Waals surface area contributed by atoms with Crippen molar-refractivity contribution in [2.45, 2.75) is 83.7 Å². The van der Waals surface area contributed by atoms with E-state index in [4.69, 9.17) is 15.7 Å². The van der Waals surface area contributed by atoms with Crippen LogP contribution in [0.15, 0.2) is 54.6 Å². The summed E-state index contributed by atoms with van der Waals surface area (Å²) in [5, 5.41) is 4.75. The molecule has 0 saturated heterocycles. The lowest BCUT2D eigenvalue weighted by Crippen LogP contribution is -2.39. The van der Waals surface area contributed by atoms with Crippen LogP contribution in [0.2, 0.25) is 0 Å². The predicted octanol–water partition coefficient (Wildman–Crippen LogP) is 6.29. The van der Waals surface area contributed by atoms with Crippen LogP contribution in [0.1, 0.15) is 70.7 Å². The van der Waals surface area contributed by atoms with E-state index in [0.29, 0.717) is 6.04 Å². The van der Waals surface area contributed by atoms with Crippen LogP contribution < -0.4 is 11.1 Å². The molecule has 1 heterocycles. The molecule has 0 aliphatic heterocycles. The van der Waals surface area contributed by atoms with Gasteiger partial charge < -0.3 is 11.1 Å². The second-order valence-corrected chi connectivity index (χ2v) is 8.85. The van der Waals surface area contributed by atoms with Gasteiger partial charge in [0, 0.05) is 23.4 Å². The first kappa shape index (κ1) is 23.2. The number of rotatable bonds is 12. The number of para-hydroxylation sites is 1. The molecule has 3 aromatic rings. The molecule has 3 rings (SSSR count). The molecule has 1 unspecified atom stereocenters. The van der Waals surface area contributed by atoms with Crippen molar-refractivity contribution >= 4 is 16.7 Å². The lowest BCUT2D eigenvalue weighted by Gasteiger charge is -2.28. The molecule has 0 bridgehead atoms. The first-order chi connectivity index (χ1) is 15.0. The fourth-order valence-corrected chi connectivity index (χ4v) is 4.02. The zero-order chi connectivity index (χ0) is 22.1. The first-order valence-corrected chi connectivity index (χ1v) is 11.9. The smallest absolute Gasteiger partial charge is 0.137 e. The Morgan fingerprint density at radius 3 is 2.32 bits per heavy atom. The highest BCUT2D eigenvalue weighted by atomic mass is 15.0. The van der Waals surface area contributed by atoms with E-state index in [-0.39, 0.29) is 5.54 Å². The summed E-state index contributed by atoms with van der Waals surface area (Å²) in [7, 11) is 0. The number of nitrogens with one attached hydrogen (secondary N) is 1. The Hall–Kier alpha value is -2.46. The van der Waals surface area contributed by atoms with Gasteiger partial charge in [-0.1, -0.05) is 56.3 Å². The highest BCUT2D eigenvalue weighted by Crippen LogP contribution is 2.24. The Labute approximate surface area is 187 Å². The Bertz CT molecular complexity index is 934. The number of anilines is 1. The van der Waals surface area contributed by atoms with Crippen LogP contribution in [0.4, 0.5) is 5.82 Å². The van der Waals surface area contributed by atoms with Crippen molar-refractivity contribution in [3.8, 4) is 0 Å². The predicted molar refractivity (Wildman–Crippen MR) is 132 cm³/mol. The lowest BCUT2D eigenvalue weighted by molar-refractivity contribution is 0.350. The third-order valence-electron chi connectivity index (χ3n) is 6.47. The van der Waals surface area contributed by atoms with Crippen molar-refractivity contribution in [3.63, 3.8) is 0 Å². The van der Waals surface area contributed by atoms with E-state index >= 15 is 0 Å². The monoisotopic (exact) mass is 418 g/mol. The van der Waals surface area contributed by atoms with E-state index in [0.717, 1.165) is 73.9 Å². The minimum Gasteiger partial charge on any atom is -0.367 e. The fraction of sp³-hybridized carbons (Fsp3) is 0.481. The third-order valence-corrected chi connectivity index (χ3v) is 6.47. The summed E-state index contributed by atoms with van der Waals surface area (Å²) in [5.41, 5.74) is 8.86. The molecule has 0 radical (unpaired) electrons. The van der Waals surface area contributed by atoms with E-state index in [1.807, 2.05) is 6.07 Å². The molecule has 0 fully saturated rings. The summed E-state index contributed by atoms with van der Waals surface area (Å²) in [6, 6.07) is 19.3. The highest BCUT2D eigenvalue weighted by molar-refractivity contribution is 5.89. The molecule has 0 saturated carbocycles. The Morgan fingerprint density at radius 1 is 0.903 bits per heavy atom. The number of benzene rings is 2. The highest BCUT2D eigenvalue weighted by Gasteiger charge is 2.21. The molecule has 0 spiro atoms. The van der Waals surface area contributed by atoms with Gasteiger partial charge in [0.2, 0.25) is 0 Å². The van der Waals surface area contributed by atoms with Crippen LogP contribution in [0.3, 0.4) is 0 Å². The van der Waals surface area contributed by atoms with Crippen LogP contribution in [0.25, 0.3) is 10.9 Å². The largest absolute Gasteiger partial charge is 0.367 e. The molecule has 31 heavy (non-hydrogen) atoms. The molecular weight excluding hydrogens is 380 g/mol. The molecule has 4 nitrogen and oxygen atoms in total. The SMILES string of the molecule is CCC(N)(CC)CCC(C)Nc1nc(CCCCc2ccccc2)nc2ccccc12. The molecule has 2 aromatic carbocycles. The Kier molecular flexibility index (Phi) is 8.42. The zero-order valence-corrected chi connectivity index (χ0v) is 19.4. The van der Waals surface area contributed by atoms with Crippen molar-refractivity contribution in [3.05, 3.63) is 66.0 Å². The van der Waals surface area contributed by atoms with Crippen molar-refractivity contribution in [2.75, 3.05) is 5.32 Å². The van der Waals surface area contributed by atoms with Gasteiger partial charge in [0.1, 0.15) is 11.6 Å². The van der Waals surface area contributed by atoms with Crippen LogP contribution in [0.5, 0.6) is 0 Å². The summed E-state index contributed by atoms with van der Waals surface area (Å²) in [4.78, 5) is 9.75. The summed E-state index contributed by atoms with van der Waals surface area (Å²) in [6.45, 7) is 6.59. The van der Waals surface area contributed by atoms with E-state index in [2.05, 4.69) is 74.6 Å². The maximum atomic E-state index is 6.51. The van der Waals surface area contributed by atoms with Gasteiger partial charge in [-0.05, 0) is 69.6 Å². The van der Waals surface area contributed by atoms with Crippen LogP contribution >= 0.6 is 0 Å². The number of nitrogens with two attached hydrogens (primary N) is 1. The second-order valence-electron chi connectivity index (χ2n) is 8.85. The zero-order valence-electron chi connectivity index (χ0n) is 19.4.